The van der Waals surface area contributed by atoms with Gasteiger partial charge in [-0.25, -0.2) is 0 Å². The second-order valence-electron chi connectivity index (χ2n) is 4.19. The molecule has 1 rings (SSSR count). The summed E-state index contributed by atoms with van der Waals surface area (Å²) in [4.78, 5) is 13.3. The summed E-state index contributed by atoms with van der Waals surface area (Å²) in [5.41, 5.74) is 0. The normalized spacial score (nSPS) is 21.9. The molecule has 1 saturated heterocycles. The summed E-state index contributed by atoms with van der Waals surface area (Å²) in [5.74, 6) is -0.497. The van der Waals surface area contributed by atoms with E-state index in [2.05, 4.69) is 4.74 Å². The van der Waals surface area contributed by atoms with Gasteiger partial charge in [0.15, 0.2) is 0 Å². The molecule has 1 atom stereocenters. The number of esters is 1. The Bertz CT molecular complexity index is 271. The van der Waals surface area contributed by atoms with E-state index in [9.17, 15) is 18.0 Å². The highest BCUT2D eigenvalue weighted by Gasteiger charge is 2.30. The molecule has 0 aromatic carbocycles. The van der Waals surface area contributed by atoms with Crippen molar-refractivity contribution in [2.75, 3.05) is 32.8 Å². The standard InChI is InChI=1S/C11H18F3NO3/c1-2-17-10(16)9-4-3-5-15(8-9)6-7-18-11(12,13)14/h9H,2-8H2,1H3/t9-/m0/s1. The summed E-state index contributed by atoms with van der Waals surface area (Å²) in [6.07, 6.45) is -3.07. The Hall–Kier alpha value is -0.820. The van der Waals surface area contributed by atoms with Crippen LogP contribution in [0, 0.1) is 5.92 Å². The van der Waals surface area contributed by atoms with E-state index in [4.69, 9.17) is 4.74 Å². The minimum Gasteiger partial charge on any atom is -0.466 e. The van der Waals surface area contributed by atoms with Gasteiger partial charge in [-0.05, 0) is 26.3 Å². The molecule has 0 saturated carbocycles. The van der Waals surface area contributed by atoms with E-state index < -0.39 is 13.0 Å². The van der Waals surface area contributed by atoms with Crippen molar-refractivity contribution in [1.82, 2.24) is 4.90 Å². The molecule has 0 radical (unpaired) electrons. The van der Waals surface area contributed by atoms with Crippen molar-refractivity contribution in [1.29, 1.82) is 0 Å². The first-order chi connectivity index (χ1) is 8.42. The van der Waals surface area contributed by atoms with Crippen LogP contribution in [-0.2, 0) is 14.3 Å². The molecule has 0 amide bonds. The lowest BCUT2D eigenvalue weighted by Gasteiger charge is -2.31. The number of nitrogens with zero attached hydrogens (tertiary/aromatic N) is 1. The van der Waals surface area contributed by atoms with Gasteiger partial charge in [0.05, 0.1) is 19.1 Å². The Morgan fingerprint density at radius 3 is 2.78 bits per heavy atom. The SMILES string of the molecule is CCOC(=O)[C@H]1CCCN(CCOC(F)(F)F)C1. The Morgan fingerprint density at radius 1 is 1.44 bits per heavy atom. The monoisotopic (exact) mass is 269 g/mol. The van der Waals surface area contributed by atoms with Gasteiger partial charge in [-0.15, -0.1) is 13.2 Å². The van der Waals surface area contributed by atoms with Crippen LogP contribution in [0.15, 0.2) is 0 Å². The molecule has 1 aliphatic rings. The van der Waals surface area contributed by atoms with Crippen molar-refractivity contribution in [3.8, 4) is 0 Å². The van der Waals surface area contributed by atoms with Crippen LogP contribution in [0.2, 0.25) is 0 Å². The maximum absolute atomic E-state index is 11.8. The molecule has 1 fully saturated rings. The van der Waals surface area contributed by atoms with Crippen LogP contribution >= 0.6 is 0 Å². The minimum absolute atomic E-state index is 0.176. The predicted octanol–water partition coefficient (Wildman–Crippen LogP) is 1.80. The molecule has 1 heterocycles. The number of likely N-dealkylation sites (tertiary alicyclic amines) is 1. The van der Waals surface area contributed by atoms with E-state index in [1.54, 1.807) is 11.8 Å². The molecule has 1 aliphatic heterocycles. The number of carbonyl (C=O) groups excluding carboxylic acids is 1. The summed E-state index contributed by atoms with van der Waals surface area (Å²) in [5, 5.41) is 0. The van der Waals surface area contributed by atoms with Crippen molar-refractivity contribution in [2.45, 2.75) is 26.1 Å². The highest BCUT2D eigenvalue weighted by atomic mass is 19.4. The van der Waals surface area contributed by atoms with Gasteiger partial charge in [-0.2, -0.15) is 0 Å². The van der Waals surface area contributed by atoms with Gasteiger partial charge in [-0.1, -0.05) is 0 Å². The molecule has 0 spiro atoms. The number of alkyl halides is 3. The Morgan fingerprint density at radius 2 is 2.17 bits per heavy atom. The fraction of sp³-hybridized carbons (Fsp3) is 0.909. The number of piperidine rings is 1. The third-order valence-corrected chi connectivity index (χ3v) is 2.80. The van der Waals surface area contributed by atoms with Crippen LogP contribution in [0.4, 0.5) is 13.2 Å². The van der Waals surface area contributed by atoms with Crippen molar-refractivity contribution in [3.05, 3.63) is 0 Å². The average molecular weight is 269 g/mol. The molecular formula is C11H18F3NO3. The van der Waals surface area contributed by atoms with Crippen LogP contribution in [-0.4, -0.2) is 50.1 Å². The zero-order valence-electron chi connectivity index (χ0n) is 10.3. The van der Waals surface area contributed by atoms with E-state index >= 15 is 0 Å². The van der Waals surface area contributed by atoms with Gasteiger partial charge < -0.3 is 9.64 Å². The molecule has 7 heteroatoms. The van der Waals surface area contributed by atoms with Gasteiger partial charge in [0.2, 0.25) is 0 Å². The fourth-order valence-electron chi connectivity index (χ4n) is 2.00. The van der Waals surface area contributed by atoms with E-state index in [1.165, 1.54) is 0 Å². The number of halogens is 3. The van der Waals surface area contributed by atoms with Crippen LogP contribution < -0.4 is 0 Å². The van der Waals surface area contributed by atoms with Gasteiger partial charge in [-0.3, -0.25) is 9.53 Å². The maximum Gasteiger partial charge on any atom is 0.522 e. The molecule has 18 heavy (non-hydrogen) atoms. The fourth-order valence-corrected chi connectivity index (χ4v) is 2.00. The second kappa shape index (κ2) is 6.94. The number of hydrogen-bond donors (Lipinski definition) is 0. The summed E-state index contributed by atoms with van der Waals surface area (Å²) < 4.78 is 44.0. The van der Waals surface area contributed by atoms with Crippen molar-refractivity contribution in [2.24, 2.45) is 5.92 Å². The van der Waals surface area contributed by atoms with Crippen molar-refractivity contribution >= 4 is 5.97 Å². The summed E-state index contributed by atoms with van der Waals surface area (Å²) in [6.45, 7) is 2.97. The van der Waals surface area contributed by atoms with Gasteiger partial charge in [0.25, 0.3) is 0 Å². The Balaban J connectivity index is 2.28. The minimum atomic E-state index is -4.59. The lowest BCUT2D eigenvalue weighted by Crippen LogP contribution is -2.41. The highest BCUT2D eigenvalue weighted by Crippen LogP contribution is 2.19. The summed E-state index contributed by atoms with van der Waals surface area (Å²) in [6, 6.07) is 0. The zero-order chi connectivity index (χ0) is 13.6. The lowest BCUT2D eigenvalue weighted by molar-refractivity contribution is -0.325. The second-order valence-corrected chi connectivity index (χ2v) is 4.19. The van der Waals surface area contributed by atoms with Gasteiger partial charge >= 0.3 is 12.3 Å². The Kier molecular flexibility index (Phi) is 5.87. The topological polar surface area (TPSA) is 38.8 Å². The van der Waals surface area contributed by atoms with E-state index in [0.717, 1.165) is 12.8 Å². The number of ether oxygens (including phenoxy) is 2. The molecular weight excluding hydrogens is 251 g/mol. The summed E-state index contributed by atoms with van der Waals surface area (Å²) >= 11 is 0. The lowest BCUT2D eigenvalue weighted by atomic mass is 9.98. The largest absolute Gasteiger partial charge is 0.522 e. The molecule has 0 aliphatic carbocycles. The van der Waals surface area contributed by atoms with Crippen molar-refractivity contribution < 1.29 is 27.4 Å². The molecule has 0 bridgehead atoms. The highest BCUT2D eigenvalue weighted by molar-refractivity contribution is 5.72. The maximum atomic E-state index is 11.8. The molecule has 106 valence electrons. The van der Waals surface area contributed by atoms with Crippen LogP contribution in [0.5, 0.6) is 0 Å². The molecule has 0 N–H and O–H groups in total. The predicted molar refractivity (Wildman–Crippen MR) is 57.8 cm³/mol. The number of hydrogen-bond acceptors (Lipinski definition) is 4. The van der Waals surface area contributed by atoms with E-state index in [0.29, 0.717) is 19.7 Å². The molecule has 0 aromatic rings. The Labute approximate surface area is 104 Å². The van der Waals surface area contributed by atoms with Gasteiger partial charge in [0.1, 0.15) is 0 Å². The van der Waals surface area contributed by atoms with E-state index in [1.807, 2.05) is 0 Å². The third kappa shape index (κ3) is 5.68. The first kappa shape index (κ1) is 15.2. The average Bonchev–Trinajstić information content (AvgIpc) is 2.28. The third-order valence-electron chi connectivity index (χ3n) is 2.80. The molecule has 0 aromatic heterocycles. The molecule has 4 nitrogen and oxygen atoms in total. The number of rotatable bonds is 5. The quantitative estimate of drug-likeness (QED) is 0.713. The number of carbonyl (C=O) groups is 1. The molecule has 0 unspecified atom stereocenters. The smallest absolute Gasteiger partial charge is 0.466 e. The van der Waals surface area contributed by atoms with Crippen molar-refractivity contribution in [3.63, 3.8) is 0 Å². The van der Waals surface area contributed by atoms with Crippen LogP contribution in [0.25, 0.3) is 0 Å². The zero-order valence-corrected chi connectivity index (χ0v) is 10.3. The summed E-state index contributed by atoms with van der Waals surface area (Å²) in [7, 11) is 0. The first-order valence-corrected chi connectivity index (χ1v) is 6.02. The first-order valence-electron chi connectivity index (χ1n) is 6.02. The van der Waals surface area contributed by atoms with Crippen LogP contribution in [0.1, 0.15) is 19.8 Å². The van der Waals surface area contributed by atoms with Gasteiger partial charge in [0, 0.05) is 13.1 Å². The van der Waals surface area contributed by atoms with Crippen LogP contribution in [0.3, 0.4) is 0 Å². The van der Waals surface area contributed by atoms with E-state index in [-0.39, 0.29) is 18.4 Å².